The van der Waals surface area contributed by atoms with Gasteiger partial charge in [-0.05, 0) is 31.5 Å². The molecule has 1 N–H and O–H groups in total. The smallest absolute Gasteiger partial charge is 0.362 e. The molecule has 0 unspecified atom stereocenters. The van der Waals surface area contributed by atoms with Crippen molar-refractivity contribution >= 4 is 17.0 Å². The highest BCUT2D eigenvalue weighted by Gasteiger charge is 2.16. The second-order valence-corrected chi connectivity index (χ2v) is 3.61. The van der Waals surface area contributed by atoms with Gasteiger partial charge in [-0.15, -0.1) is 0 Å². The van der Waals surface area contributed by atoms with Crippen LogP contribution in [0.15, 0.2) is 18.2 Å². The first-order chi connectivity index (χ1) is 8.11. The van der Waals surface area contributed by atoms with Crippen LogP contribution in [-0.2, 0) is 4.74 Å². The molecular formula is C12H12N2O3. The van der Waals surface area contributed by atoms with Crippen LogP contribution >= 0.6 is 0 Å². The highest BCUT2D eigenvalue weighted by Crippen LogP contribution is 2.19. The van der Waals surface area contributed by atoms with E-state index in [2.05, 4.69) is 9.97 Å². The van der Waals surface area contributed by atoms with Crippen LogP contribution in [0, 0.1) is 6.92 Å². The number of esters is 1. The Morgan fingerprint density at radius 2 is 2.12 bits per heavy atom. The Morgan fingerprint density at radius 1 is 1.35 bits per heavy atom. The quantitative estimate of drug-likeness (QED) is 0.799. The molecule has 1 aromatic carbocycles. The van der Waals surface area contributed by atoms with Crippen molar-refractivity contribution in [3.8, 4) is 5.88 Å². The topological polar surface area (TPSA) is 72.3 Å². The van der Waals surface area contributed by atoms with Gasteiger partial charge in [-0.2, -0.15) is 0 Å². The van der Waals surface area contributed by atoms with Crippen LogP contribution < -0.4 is 0 Å². The number of ether oxygens (including phenoxy) is 1. The fraction of sp³-hybridized carbons (Fsp3) is 0.250. The average molecular weight is 232 g/mol. The zero-order valence-electron chi connectivity index (χ0n) is 9.60. The van der Waals surface area contributed by atoms with Gasteiger partial charge in [-0.25, -0.2) is 14.8 Å². The van der Waals surface area contributed by atoms with Crippen molar-refractivity contribution < 1.29 is 14.6 Å². The first-order valence-corrected chi connectivity index (χ1v) is 5.26. The lowest BCUT2D eigenvalue weighted by Gasteiger charge is -2.05. The Morgan fingerprint density at radius 3 is 2.82 bits per heavy atom. The standard InChI is InChI=1S/C12H12N2O3/c1-3-17-12(16)10-11(15)14-9-6-7(2)4-5-8(9)13-10/h4-6H,3H2,1-2H3,(H,14,15). The summed E-state index contributed by atoms with van der Waals surface area (Å²) in [6.45, 7) is 3.83. The summed E-state index contributed by atoms with van der Waals surface area (Å²) in [6, 6.07) is 5.40. The summed E-state index contributed by atoms with van der Waals surface area (Å²) < 4.78 is 4.78. The second kappa shape index (κ2) is 4.37. The largest absolute Gasteiger partial charge is 0.492 e. The Balaban J connectivity index is 2.55. The summed E-state index contributed by atoms with van der Waals surface area (Å²) in [5, 5.41) is 9.62. The van der Waals surface area contributed by atoms with Crippen LogP contribution in [0.1, 0.15) is 23.0 Å². The van der Waals surface area contributed by atoms with Crippen LogP contribution in [0.4, 0.5) is 0 Å². The number of nitrogens with zero attached hydrogens (tertiary/aromatic N) is 2. The number of aromatic hydroxyl groups is 1. The predicted molar refractivity (Wildman–Crippen MR) is 61.9 cm³/mol. The maximum absolute atomic E-state index is 11.5. The van der Waals surface area contributed by atoms with E-state index in [9.17, 15) is 9.90 Å². The van der Waals surface area contributed by atoms with E-state index >= 15 is 0 Å². The minimum Gasteiger partial charge on any atom is -0.492 e. The van der Waals surface area contributed by atoms with E-state index < -0.39 is 11.8 Å². The van der Waals surface area contributed by atoms with Crippen molar-refractivity contribution in [2.75, 3.05) is 6.61 Å². The molecule has 0 atom stereocenters. The van der Waals surface area contributed by atoms with Gasteiger partial charge in [0, 0.05) is 0 Å². The first kappa shape index (κ1) is 11.3. The molecule has 5 nitrogen and oxygen atoms in total. The molecule has 2 aromatic rings. The number of aromatic nitrogens is 2. The van der Waals surface area contributed by atoms with Crippen molar-refractivity contribution in [2.45, 2.75) is 13.8 Å². The molecule has 2 rings (SSSR count). The fourth-order valence-corrected chi connectivity index (χ4v) is 1.49. The van der Waals surface area contributed by atoms with Crippen molar-refractivity contribution in [2.24, 2.45) is 0 Å². The molecule has 0 saturated heterocycles. The van der Waals surface area contributed by atoms with Crippen molar-refractivity contribution in [3.05, 3.63) is 29.5 Å². The van der Waals surface area contributed by atoms with E-state index in [-0.39, 0.29) is 12.3 Å². The number of fused-ring (bicyclic) bond motifs is 1. The van der Waals surface area contributed by atoms with E-state index in [1.54, 1.807) is 19.1 Å². The lowest BCUT2D eigenvalue weighted by Crippen LogP contribution is -2.08. The monoisotopic (exact) mass is 232 g/mol. The van der Waals surface area contributed by atoms with Gasteiger partial charge in [0.1, 0.15) is 0 Å². The van der Waals surface area contributed by atoms with Gasteiger partial charge in [0.05, 0.1) is 17.6 Å². The number of carbonyl (C=O) groups is 1. The van der Waals surface area contributed by atoms with Gasteiger partial charge >= 0.3 is 5.97 Å². The van der Waals surface area contributed by atoms with Gasteiger partial charge in [0.25, 0.3) is 0 Å². The van der Waals surface area contributed by atoms with Crippen LogP contribution in [0.3, 0.4) is 0 Å². The first-order valence-electron chi connectivity index (χ1n) is 5.26. The maximum atomic E-state index is 11.5. The molecule has 0 aliphatic carbocycles. The Hall–Kier alpha value is -2.17. The van der Waals surface area contributed by atoms with Gasteiger partial charge in [0.2, 0.25) is 11.6 Å². The van der Waals surface area contributed by atoms with Gasteiger partial charge in [-0.1, -0.05) is 6.07 Å². The molecule has 0 bridgehead atoms. The Bertz CT molecular complexity index is 581. The van der Waals surface area contributed by atoms with E-state index in [4.69, 9.17) is 4.74 Å². The third-order valence-electron chi connectivity index (χ3n) is 2.27. The molecule has 1 aromatic heterocycles. The lowest BCUT2D eigenvalue weighted by molar-refractivity contribution is 0.0515. The fourth-order valence-electron chi connectivity index (χ4n) is 1.49. The number of carbonyl (C=O) groups excluding carboxylic acids is 1. The van der Waals surface area contributed by atoms with Crippen LogP contribution in [0.2, 0.25) is 0 Å². The highest BCUT2D eigenvalue weighted by atomic mass is 16.5. The van der Waals surface area contributed by atoms with Crippen LogP contribution in [0.5, 0.6) is 5.88 Å². The SMILES string of the molecule is CCOC(=O)c1nc2ccc(C)cc2nc1O. The number of hydrogen-bond donors (Lipinski definition) is 1. The van der Waals surface area contributed by atoms with Crippen LogP contribution in [-0.4, -0.2) is 27.7 Å². The normalized spacial score (nSPS) is 10.5. The highest BCUT2D eigenvalue weighted by molar-refractivity contribution is 5.92. The summed E-state index contributed by atoms with van der Waals surface area (Å²) in [7, 11) is 0. The average Bonchev–Trinajstić information content (AvgIpc) is 2.28. The van der Waals surface area contributed by atoms with E-state index in [1.165, 1.54) is 0 Å². The van der Waals surface area contributed by atoms with Crippen molar-refractivity contribution in [1.82, 2.24) is 9.97 Å². The zero-order chi connectivity index (χ0) is 12.4. The summed E-state index contributed by atoms with van der Waals surface area (Å²) >= 11 is 0. The summed E-state index contributed by atoms with van der Waals surface area (Å²) in [5.74, 6) is -1.07. The number of benzene rings is 1. The number of rotatable bonds is 2. The molecule has 88 valence electrons. The molecular weight excluding hydrogens is 220 g/mol. The molecule has 0 fully saturated rings. The van der Waals surface area contributed by atoms with Crippen molar-refractivity contribution in [3.63, 3.8) is 0 Å². The van der Waals surface area contributed by atoms with Crippen molar-refractivity contribution in [1.29, 1.82) is 0 Å². The zero-order valence-corrected chi connectivity index (χ0v) is 9.60. The summed E-state index contributed by atoms with van der Waals surface area (Å²) in [5.41, 5.74) is 1.96. The van der Waals surface area contributed by atoms with Gasteiger partial charge in [-0.3, -0.25) is 0 Å². The maximum Gasteiger partial charge on any atom is 0.362 e. The summed E-state index contributed by atoms with van der Waals surface area (Å²) in [4.78, 5) is 19.5. The van der Waals surface area contributed by atoms with E-state index in [0.29, 0.717) is 11.0 Å². The molecule has 0 aliphatic heterocycles. The summed E-state index contributed by atoms with van der Waals surface area (Å²) in [6.07, 6.45) is 0. The van der Waals surface area contributed by atoms with E-state index in [1.807, 2.05) is 13.0 Å². The van der Waals surface area contributed by atoms with Gasteiger partial charge in [0.15, 0.2) is 0 Å². The Kier molecular flexibility index (Phi) is 2.91. The molecule has 0 aliphatic rings. The minimum absolute atomic E-state index is 0.150. The second-order valence-electron chi connectivity index (χ2n) is 3.61. The molecule has 17 heavy (non-hydrogen) atoms. The molecule has 1 heterocycles. The van der Waals surface area contributed by atoms with Gasteiger partial charge < -0.3 is 9.84 Å². The number of aryl methyl sites for hydroxylation is 1. The minimum atomic E-state index is -0.667. The predicted octanol–water partition coefficient (Wildman–Crippen LogP) is 1.82. The van der Waals surface area contributed by atoms with E-state index in [0.717, 1.165) is 5.56 Å². The molecule has 0 amide bonds. The lowest BCUT2D eigenvalue weighted by atomic mass is 10.2. The Labute approximate surface area is 98.1 Å². The molecule has 0 spiro atoms. The molecule has 0 radical (unpaired) electrons. The third-order valence-corrected chi connectivity index (χ3v) is 2.27. The van der Waals surface area contributed by atoms with Crippen LogP contribution in [0.25, 0.3) is 11.0 Å². The number of hydrogen-bond acceptors (Lipinski definition) is 5. The third kappa shape index (κ3) is 2.18. The molecule has 5 heteroatoms. The molecule has 0 saturated carbocycles.